The van der Waals surface area contributed by atoms with E-state index in [1.807, 2.05) is 30.3 Å². The molecule has 3 aromatic rings. The monoisotopic (exact) mass is 585 g/mol. The summed E-state index contributed by atoms with van der Waals surface area (Å²) < 4.78 is 29.7. The Morgan fingerprint density at radius 2 is 1.75 bits per heavy atom. The normalized spacial score (nSPS) is 17.7. The predicted molar refractivity (Wildman–Crippen MR) is 156 cm³/mol. The highest BCUT2D eigenvalue weighted by Crippen LogP contribution is 2.40. The molecule has 0 saturated heterocycles. The van der Waals surface area contributed by atoms with Crippen molar-refractivity contribution in [1.29, 1.82) is 0 Å². The summed E-state index contributed by atoms with van der Waals surface area (Å²) in [7, 11) is -3.95. The number of carbonyl (C=O) groups excluding carboxylic acids is 1. The number of amides is 3. The third-order valence-electron chi connectivity index (χ3n) is 6.46. The minimum atomic E-state index is -3.95. The first-order valence-electron chi connectivity index (χ1n) is 13.1. The number of carboxylic acid groups (broad SMARTS) is 1. The average molecular weight is 586 g/mol. The number of thiazole rings is 1. The highest BCUT2D eigenvalue weighted by Gasteiger charge is 2.29. The summed E-state index contributed by atoms with van der Waals surface area (Å²) >= 11 is 1.44. The van der Waals surface area contributed by atoms with Crippen LogP contribution < -0.4 is 20.7 Å². The van der Waals surface area contributed by atoms with Crippen LogP contribution in [0, 0.1) is 0 Å². The van der Waals surface area contributed by atoms with Crippen molar-refractivity contribution in [3.8, 4) is 10.4 Å². The summed E-state index contributed by atoms with van der Waals surface area (Å²) in [6.07, 6.45) is 3.74. The molecule has 2 aromatic carbocycles. The van der Waals surface area contributed by atoms with Gasteiger partial charge in [-0.1, -0.05) is 36.4 Å². The van der Waals surface area contributed by atoms with Gasteiger partial charge in [-0.2, -0.15) is 0 Å². The van der Waals surface area contributed by atoms with E-state index in [1.54, 1.807) is 39.1 Å². The van der Waals surface area contributed by atoms with Crippen LogP contribution in [-0.2, 0) is 16.6 Å². The fraction of sp³-hybridized carbons (Fsp3) is 0.393. The highest BCUT2D eigenvalue weighted by molar-refractivity contribution is 7.89. The third kappa shape index (κ3) is 8.03. The number of urea groups is 1. The predicted octanol–water partition coefficient (Wildman–Crippen LogP) is 5.50. The van der Waals surface area contributed by atoms with Crippen molar-refractivity contribution >= 4 is 39.2 Å². The molecular formula is C28H35N5O5S2. The number of nitrogens with one attached hydrogen (secondary N) is 4. The van der Waals surface area contributed by atoms with Crippen LogP contribution in [0.4, 0.5) is 15.3 Å². The Kier molecular flexibility index (Phi) is 9.12. The highest BCUT2D eigenvalue weighted by atomic mass is 32.2. The van der Waals surface area contributed by atoms with Gasteiger partial charge in [0.25, 0.3) is 0 Å². The quantitative estimate of drug-likeness (QED) is 0.236. The minimum Gasteiger partial charge on any atom is -0.465 e. The number of rotatable bonds is 8. The lowest BCUT2D eigenvalue weighted by atomic mass is 9.86. The van der Waals surface area contributed by atoms with E-state index >= 15 is 0 Å². The maximum atomic E-state index is 13.5. The Hall–Kier alpha value is -3.48. The Morgan fingerprint density at radius 3 is 2.40 bits per heavy atom. The maximum Gasteiger partial charge on any atom is 0.404 e. The van der Waals surface area contributed by atoms with Crippen molar-refractivity contribution in [2.24, 2.45) is 0 Å². The average Bonchev–Trinajstić information content (AvgIpc) is 3.37. The molecule has 214 valence electrons. The zero-order valence-electron chi connectivity index (χ0n) is 22.7. The van der Waals surface area contributed by atoms with Crippen LogP contribution in [0.5, 0.6) is 0 Å². The molecule has 0 unspecified atom stereocenters. The van der Waals surface area contributed by atoms with E-state index in [-0.39, 0.29) is 16.9 Å². The molecule has 1 heterocycles. The molecule has 12 heteroatoms. The van der Waals surface area contributed by atoms with E-state index in [4.69, 9.17) is 5.11 Å². The Morgan fingerprint density at radius 1 is 1.05 bits per heavy atom. The zero-order valence-corrected chi connectivity index (χ0v) is 24.4. The van der Waals surface area contributed by atoms with Crippen molar-refractivity contribution in [2.75, 3.05) is 5.32 Å². The van der Waals surface area contributed by atoms with Gasteiger partial charge in [0.15, 0.2) is 0 Å². The number of hydrogen-bond acceptors (Lipinski definition) is 6. The number of anilines is 1. The van der Waals surface area contributed by atoms with Gasteiger partial charge >= 0.3 is 12.1 Å². The first kappa shape index (κ1) is 29.5. The standard InChI is InChI=1S/C28H35N5O5S2/c1-28(2,3)33-40(37,38)24-15-21(31-26(34)30-16-18-7-5-4-6-8-18)13-14-22(24)23-17-29-25(39-23)19-9-11-20(12-10-19)32-27(35)36/h4-8,13-15,17,19-20,32-33H,9-12,16H2,1-3H3,(H,35,36)(H2,30,31,34)/t19-,20-. The summed E-state index contributed by atoms with van der Waals surface area (Å²) in [6.45, 7) is 5.64. The van der Waals surface area contributed by atoms with Crippen LogP contribution in [-0.4, -0.2) is 42.2 Å². The van der Waals surface area contributed by atoms with Gasteiger partial charge in [-0.05, 0) is 64.2 Å². The fourth-order valence-electron chi connectivity index (χ4n) is 4.70. The number of hydrogen-bond donors (Lipinski definition) is 5. The van der Waals surface area contributed by atoms with E-state index in [0.717, 1.165) is 36.3 Å². The molecule has 0 bridgehead atoms. The van der Waals surface area contributed by atoms with Crippen molar-refractivity contribution in [1.82, 2.24) is 20.3 Å². The SMILES string of the molecule is CC(C)(C)NS(=O)(=O)c1cc(NC(=O)NCc2ccccc2)ccc1-c1cnc([C@H]2CC[C@H](NC(=O)O)CC2)s1. The number of aromatic nitrogens is 1. The van der Waals surface area contributed by atoms with E-state index in [1.165, 1.54) is 17.4 Å². The second-order valence-electron chi connectivity index (χ2n) is 10.9. The largest absolute Gasteiger partial charge is 0.465 e. The first-order chi connectivity index (χ1) is 18.9. The summed E-state index contributed by atoms with van der Waals surface area (Å²) in [5.41, 5.74) is 1.07. The van der Waals surface area contributed by atoms with Gasteiger partial charge in [0, 0.05) is 41.5 Å². The molecule has 1 aliphatic rings. The van der Waals surface area contributed by atoms with Crippen LogP contribution in [0.15, 0.2) is 59.6 Å². The number of benzene rings is 2. The molecule has 1 saturated carbocycles. The molecule has 1 aliphatic carbocycles. The van der Waals surface area contributed by atoms with Gasteiger partial charge < -0.3 is 21.1 Å². The lowest BCUT2D eigenvalue weighted by molar-refractivity contribution is 0.185. The van der Waals surface area contributed by atoms with Gasteiger partial charge in [-0.15, -0.1) is 11.3 Å². The molecule has 4 rings (SSSR count). The smallest absolute Gasteiger partial charge is 0.404 e. The molecule has 10 nitrogen and oxygen atoms in total. The van der Waals surface area contributed by atoms with Crippen LogP contribution in [0.2, 0.25) is 0 Å². The van der Waals surface area contributed by atoms with Crippen LogP contribution >= 0.6 is 11.3 Å². The van der Waals surface area contributed by atoms with Crippen molar-refractivity contribution in [3.63, 3.8) is 0 Å². The van der Waals surface area contributed by atoms with Crippen LogP contribution in [0.1, 0.15) is 62.9 Å². The molecule has 0 spiro atoms. The minimum absolute atomic E-state index is 0.0489. The van der Waals surface area contributed by atoms with Gasteiger partial charge in [-0.3, -0.25) is 0 Å². The van der Waals surface area contributed by atoms with E-state index in [9.17, 15) is 18.0 Å². The molecule has 5 N–H and O–H groups in total. The summed E-state index contributed by atoms with van der Waals surface area (Å²) in [5, 5.41) is 18.0. The van der Waals surface area contributed by atoms with Crippen LogP contribution in [0.25, 0.3) is 10.4 Å². The second kappa shape index (κ2) is 12.4. The molecular weight excluding hydrogens is 550 g/mol. The molecule has 1 fully saturated rings. The molecule has 0 atom stereocenters. The number of sulfonamides is 1. The van der Waals surface area contributed by atoms with Crippen molar-refractivity contribution in [2.45, 2.75) is 75.4 Å². The number of carbonyl (C=O) groups is 2. The third-order valence-corrected chi connectivity index (χ3v) is 9.45. The van der Waals surface area contributed by atoms with Gasteiger partial charge in [0.1, 0.15) is 0 Å². The topological polar surface area (TPSA) is 150 Å². The second-order valence-corrected chi connectivity index (χ2v) is 13.6. The summed E-state index contributed by atoms with van der Waals surface area (Å²) in [6, 6.07) is 13.8. The first-order valence-corrected chi connectivity index (χ1v) is 15.4. The fourth-order valence-corrected chi connectivity index (χ4v) is 7.55. The number of nitrogens with zero attached hydrogens (tertiary/aromatic N) is 1. The van der Waals surface area contributed by atoms with Gasteiger partial charge in [0.2, 0.25) is 10.0 Å². The molecule has 40 heavy (non-hydrogen) atoms. The van der Waals surface area contributed by atoms with Crippen molar-refractivity contribution < 1.29 is 23.1 Å². The van der Waals surface area contributed by atoms with Crippen molar-refractivity contribution in [3.05, 3.63) is 65.3 Å². The van der Waals surface area contributed by atoms with Gasteiger partial charge in [-0.25, -0.2) is 27.7 Å². The van der Waals surface area contributed by atoms with Gasteiger partial charge in [0.05, 0.1) is 14.8 Å². The van der Waals surface area contributed by atoms with E-state index in [2.05, 4.69) is 25.7 Å². The zero-order chi connectivity index (χ0) is 28.9. The van der Waals surface area contributed by atoms with Crippen LogP contribution in [0.3, 0.4) is 0 Å². The Labute approximate surface area is 238 Å². The Bertz CT molecular complexity index is 1440. The summed E-state index contributed by atoms with van der Waals surface area (Å²) in [4.78, 5) is 28.9. The van der Waals surface area contributed by atoms with E-state index in [0.29, 0.717) is 22.7 Å². The lowest BCUT2D eigenvalue weighted by Crippen LogP contribution is -2.40. The lowest BCUT2D eigenvalue weighted by Gasteiger charge is -2.27. The molecule has 3 amide bonds. The maximum absolute atomic E-state index is 13.5. The molecule has 0 aliphatic heterocycles. The Balaban J connectivity index is 1.56. The van der Waals surface area contributed by atoms with E-state index < -0.39 is 27.7 Å². The molecule has 1 aromatic heterocycles. The molecule has 0 radical (unpaired) electrons. The summed E-state index contributed by atoms with van der Waals surface area (Å²) in [5.74, 6) is 0.188.